The van der Waals surface area contributed by atoms with Gasteiger partial charge in [0.1, 0.15) is 29.6 Å². The predicted octanol–water partition coefficient (Wildman–Crippen LogP) is 5.57. The molecule has 1 atom stereocenters. The van der Waals surface area contributed by atoms with Crippen LogP contribution in [0, 0.1) is 6.92 Å². The van der Waals surface area contributed by atoms with Gasteiger partial charge < -0.3 is 19.2 Å². The van der Waals surface area contributed by atoms with E-state index >= 15 is 0 Å². The Labute approximate surface area is 250 Å². The van der Waals surface area contributed by atoms with Crippen LogP contribution in [0.15, 0.2) is 65.3 Å². The summed E-state index contributed by atoms with van der Waals surface area (Å²) in [6, 6.07) is 17.2. The molecular formula is C32H36N4O5S. The van der Waals surface area contributed by atoms with Gasteiger partial charge in [-0.15, -0.1) is 11.8 Å². The number of anilines is 1. The van der Waals surface area contributed by atoms with Crippen molar-refractivity contribution < 1.29 is 23.5 Å². The van der Waals surface area contributed by atoms with E-state index in [-0.39, 0.29) is 41.3 Å². The summed E-state index contributed by atoms with van der Waals surface area (Å²) in [6.45, 7) is 8.39. The number of carbonyl (C=O) groups excluding carboxylic acids is 2. The van der Waals surface area contributed by atoms with Crippen molar-refractivity contribution in [1.82, 2.24) is 15.1 Å². The third-order valence-electron chi connectivity index (χ3n) is 7.11. The van der Waals surface area contributed by atoms with Gasteiger partial charge in [-0.2, -0.15) is 5.10 Å². The molecule has 9 nitrogen and oxygen atoms in total. The summed E-state index contributed by atoms with van der Waals surface area (Å²) in [5.41, 5.74) is 4.04. The molecule has 0 spiro atoms. The maximum atomic E-state index is 13.9. The molecule has 4 aromatic rings. The first-order valence-corrected chi connectivity index (χ1v) is 14.8. The second-order valence-corrected chi connectivity index (χ2v) is 12.3. The van der Waals surface area contributed by atoms with E-state index in [0.717, 1.165) is 28.1 Å². The van der Waals surface area contributed by atoms with Crippen LogP contribution >= 0.6 is 11.8 Å². The summed E-state index contributed by atoms with van der Waals surface area (Å²) in [4.78, 5) is 28.8. The highest BCUT2D eigenvalue weighted by molar-refractivity contribution is 8.00. The number of carbonyl (C=O) groups is 2. The fourth-order valence-electron chi connectivity index (χ4n) is 5.10. The molecule has 1 aliphatic rings. The average molecular weight is 589 g/mol. The number of furan rings is 1. The minimum absolute atomic E-state index is 0.155. The molecule has 0 saturated carbocycles. The number of hydrogen-bond acceptors (Lipinski definition) is 7. The second kappa shape index (κ2) is 12.0. The number of nitrogens with one attached hydrogen (secondary N) is 1. The molecule has 2 aromatic carbocycles. The third kappa shape index (κ3) is 5.90. The predicted molar refractivity (Wildman–Crippen MR) is 164 cm³/mol. The van der Waals surface area contributed by atoms with Crippen LogP contribution in [0.1, 0.15) is 54.2 Å². The molecule has 0 bridgehead atoms. The van der Waals surface area contributed by atoms with Gasteiger partial charge in [0.2, 0.25) is 11.8 Å². The Morgan fingerprint density at radius 1 is 1.12 bits per heavy atom. The normalized spacial score (nSPS) is 15.2. The zero-order valence-corrected chi connectivity index (χ0v) is 25.6. The van der Waals surface area contributed by atoms with Gasteiger partial charge in [0.15, 0.2) is 0 Å². The summed E-state index contributed by atoms with van der Waals surface area (Å²) in [7, 11) is 3.26. The summed E-state index contributed by atoms with van der Waals surface area (Å²) >= 11 is 1.49. The molecule has 220 valence electrons. The van der Waals surface area contributed by atoms with Crippen LogP contribution in [0.4, 0.5) is 5.82 Å². The molecule has 1 unspecified atom stereocenters. The van der Waals surface area contributed by atoms with E-state index in [1.54, 1.807) is 37.5 Å². The van der Waals surface area contributed by atoms with Crippen molar-refractivity contribution in [2.45, 2.75) is 44.9 Å². The number of methoxy groups -OCH3 is 2. The first-order valence-electron chi connectivity index (χ1n) is 13.7. The molecule has 1 N–H and O–H groups in total. The zero-order valence-electron chi connectivity index (χ0n) is 24.8. The molecule has 0 saturated heterocycles. The van der Waals surface area contributed by atoms with Crippen molar-refractivity contribution in [3.8, 4) is 17.2 Å². The van der Waals surface area contributed by atoms with Crippen LogP contribution in [-0.2, 0) is 21.5 Å². The molecule has 1 aliphatic heterocycles. The van der Waals surface area contributed by atoms with E-state index in [2.05, 4.69) is 26.1 Å². The van der Waals surface area contributed by atoms with Crippen molar-refractivity contribution in [3.05, 3.63) is 89.0 Å². The van der Waals surface area contributed by atoms with Crippen molar-refractivity contribution in [2.75, 3.05) is 31.4 Å². The molecule has 10 heteroatoms. The Hall–Kier alpha value is -4.18. The second-order valence-electron chi connectivity index (χ2n) is 11.2. The lowest BCUT2D eigenvalue weighted by molar-refractivity contribution is -0.123. The number of thioether (sulfide) groups is 1. The number of hydrogen-bond donors (Lipinski definition) is 1. The van der Waals surface area contributed by atoms with E-state index in [4.69, 9.17) is 19.0 Å². The smallest absolute Gasteiger partial charge is 0.240 e. The standard InChI is InChI=1S/C32H36N4O5S/c1-20-9-7-10-21(15-20)36-31-28(30(34-36)32(2,3)4)29(24-16-22(39-5)12-13-25(24)40-6)42-19-27(38)35(31)18-26(37)33-17-23-11-8-14-41-23/h7-16,29H,17-19H2,1-6H3,(H,33,37). The lowest BCUT2D eigenvalue weighted by Gasteiger charge is -2.25. The Bertz CT molecular complexity index is 1590. The Kier molecular flexibility index (Phi) is 8.36. The van der Waals surface area contributed by atoms with Crippen molar-refractivity contribution >= 4 is 29.4 Å². The molecule has 3 heterocycles. The minimum Gasteiger partial charge on any atom is -0.497 e. The minimum atomic E-state index is -0.384. The largest absolute Gasteiger partial charge is 0.497 e. The highest BCUT2D eigenvalue weighted by Gasteiger charge is 2.41. The first-order chi connectivity index (χ1) is 20.1. The Morgan fingerprint density at radius 2 is 1.93 bits per heavy atom. The maximum absolute atomic E-state index is 13.9. The fourth-order valence-corrected chi connectivity index (χ4v) is 6.31. The molecule has 5 rings (SSSR count). The molecule has 42 heavy (non-hydrogen) atoms. The zero-order chi connectivity index (χ0) is 30.0. The van der Waals surface area contributed by atoms with E-state index in [1.165, 1.54) is 11.8 Å². The Balaban J connectivity index is 1.72. The highest BCUT2D eigenvalue weighted by Crippen LogP contribution is 2.51. The summed E-state index contributed by atoms with van der Waals surface area (Å²) in [6.07, 6.45) is 1.56. The third-order valence-corrected chi connectivity index (χ3v) is 8.34. The molecule has 0 radical (unpaired) electrons. The summed E-state index contributed by atoms with van der Waals surface area (Å²) in [5, 5.41) is 7.72. The maximum Gasteiger partial charge on any atom is 0.240 e. The van der Waals surface area contributed by atoms with Gasteiger partial charge in [-0.25, -0.2) is 4.68 Å². The van der Waals surface area contributed by atoms with Crippen LogP contribution in [0.25, 0.3) is 5.69 Å². The highest BCUT2D eigenvalue weighted by atomic mass is 32.2. The van der Waals surface area contributed by atoms with E-state index in [1.807, 2.05) is 54.1 Å². The van der Waals surface area contributed by atoms with Crippen molar-refractivity contribution in [2.24, 2.45) is 0 Å². The number of aromatic nitrogens is 2. The van der Waals surface area contributed by atoms with Crippen LogP contribution in [0.2, 0.25) is 0 Å². The van der Waals surface area contributed by atoms with Crippen molar-refractivity contribution in [1.29, 1.82) is 0 Å². The summed E-state index contributed by atoms with van der Waals surface area (Å²) in [5.74, 6) is 2.23. The number of amides is 2. The molecular weight excluding hydrogens is 552 g/mol. The monoisotopic (exact) mass is 588 g/mol. The number of ether oxygens (including phenoxy) is 2. The lowest BCUT2D eigenvalue weighted by Crippen LogP contribution is -2.42. The van der Waals surface area contributed by atoms with Gasteiger partial charge in [0.25, 0.3) is 0 Å². The average Bonchev–Trinajstić information content (AvgIpc) is 3.61. The molecule has 2 amide bonds. The van der Waals surface area contributed by atoms with Crippen LogP contribution in [0.3, 0.4) is 0 Å². The van der Waals surface area contributed by atoms with Gasteiger partial charge >= 0.3 is 0 Å². The lowest BCUT2D eigenvalue weighted by atomic mass is 9.87. The SMILES string of the molecule is COc1ccc(OC)c(C2SCC(=O)N(CC(=O)NCc3ccco3)c3c2c(C(C)(C)C)nn3-c2cccc(C)c2)c1. The number of nitrogens with zero attached hydrogens (tertiary/aromatic N) is 3. The van der Waals surface area contributed by atoms with Gasteiger partial charge in [-0.1, -0.05) is 32.9 Å². The van der Waals surface area contributed by atoms with Gasteiger partial charge in [0.05, 0.1) is 49.4 Å². The number of fused-ring (bicyclic) bond motifs is 1. The van der Waals surface area contributed by atoms with Crippen LogP contribution < -0.4 is 19.7 Å². The van der Waals surface area contributed by atoms with Gasteiger partial charge in [0, 0.05) is 16.5 Å². The molecule has 2 aromatic heterocycles. The number of benzene rings is 2. The van der Waals surface area contributed by atoms with Crippen molar-refractivity contribution in [3.63, 3.8) is 0 Å². The van der Waals surface area contributed by atoms with E-state index in [0.29, 0.717) is 23.1 Å². The summed E-state index contributed by atoms with van der Waals surface area (Å²) < 4.78 is 18.6. The first kappa shape index (κ1) is 29.3. The topological polar surface area (TPSA) is 98.8 Å². The molecule has 0 aliphatic carbocycles. The van der Waals surface area contributed by atoms with E-state index in [9.17, 15) is 9.59 Å². The van der Waals surface area contributed by atoms with Gasteiger partial charge in [-0.05, 0) is 55.0 Å². The van der Waals surface area contributed by atoms with Crippen LogP contribution in [-0.4, -0.2) is 48.1 Å². The van der Waals surface area contributed by atoms with E-state index < -0.39 is 0 Å². The quantitative estimate of drug-likeness (QED) is 0.287. The number of rotatable bonds is 8. The fraction of sp³-hybridized carbons (Fsp3) is 0.344. The van der Waals surface area contributed by atoms with Crippen LogP contribution in [0.5, 0.6) is 11.5 Å². The Morgan fingerprint density at radius 3 is 2.60 bits per heavy atom. The number of aryl methyl sites for hydroxylation is 1. The molecule has 0 fully saturated rings. The van der Waals surface area contributed by atoms with Gasteiger partial charge in [-0.3, -0.25) is 14.5 Å².